The number of amides is 1. The zero-order chi connectivity index (χ0) is 15.0. The molecule has 4 nitrogen and oxygen atoms in total. The maximum atomic E-state index is 11.7. The summed E-state index contributed by atoms with van der Waals surface area (Å²) < 4.78 is 10.7. The Morgan fingerprint density at radius 2 is 2.10 bits per heavy atom. The first-order valence-corrected chi connectivity index (χ1v) is 6.90. The predicted octanol–water partition coefficient (Wildman–Crippen LogP) is 3.02. The summed E-state index contributed by atoms with van der Waals surface area (Å²) in [6.45, 7) is 6.52. The van der Waals surface area contributed by atoms with Gasteiger partial charge < -0.3 is 14.8 Å². The van der Waals surface area contributed by atoms with Gasteiger partial charge in [0, 0.05) is 12.1 Å². The lowest BCUT2D eigenvalue weighted by atomic mass is 10.2. The van der Waals surface area contributed by atoms with Crippen molar-refractivity contribution in [2.24, 2.45) is 0 Å². The molecule has 0 saturated carbocycles. The molecule has 0 heterocycles. The average Bonchev–Trinajstić information content (AvgIpc) is 2.46. The fraction of sp³-hybridized carbons (Fsp3) is 0.438. The molecule has 0 spiro atoms. The van der Waals surface area contributed by atoms with E-state index in [2.05, 4.69) is 5.32 Å². The van der Waals surface area contributed by atoms with Crippen LogP contribution in [0.25, 0.3) is 6.08 Å². The molecule has 1 amide bonds. The van der Waals surface area contributed by atoms with Gasteiger partial charge in [-0.3, -0.25) is 4.79 Å². The smallest absolute Gasteiger partial charge is 0.244 e. The number of hydrogen-bond donors (Lipinski definition) is 1. The van der Waals surface area contributed by atoms with E-state index in [1.807, 2.05) is 39.0 Å². The molecule has 20 heavy (non-hydrogen) atoms. The van der Waals surface area contributed by atoms with Gasteiger partial charge in [0.25, 0.3) is 0 Å². The fourth-order valence-electron chi connectivity index (χ4n) is 1.63. The largest absolute Gasteiger partial charge is 0.493 e. The Kier molecular flexibility index (Phi) is 6.64. The SMILES string of the molecule is CCOc1ccc(/C=C\C(=O)N[C@H](C)CC)cc1OC. The molecule has 0 bridgehead atoms. The Bertz CT molecular complexity index is 469. The number of methoxy groups -OCH3 is 1. The minimum atomic E-state index is -0.0906. The highest BCUT2D eigenvalue weighted by Crippen LogP contribution is 2.28. The van der Waals surface area contributed by atoms with Gasteiger partial charge in [-0.15, -0.1) is 0 Å². The number of carbonyl (C=O) groups is 1. The molecule has 0 aliphatic heterocycles. The molecule has 110 valence electrons. The Labute approximate surface area is 120 Å². The van der Waals surface area contributed by atoms with Crippen molar-refractivity contribution in [1.29, 1.82) is 0 Å². The van der Waals surface area contributed by atoms with Crippen LogP contribution >= 0.6 is 0 Å². The summed E-state index contributed by atoms with van der Waals surface area (Å²) in [7, 11) is 1.60. The Hall–Kier alpha value is -1.97. The maximum absolute atomic E-state index is 11.7. The molecule has 1 atom stereocenters. The van der Waals surface area contributed by atoms with E-state index in [4.69, 9.17) is 9.47 Å². The highest BCUT2D eigenvalue weighted by atomic mass is 16.5. The summed E-state index contributed by atoms with van der Waals surface area (Å²) in [6.07, 6.45) is 4.20. The van der Waals surface area contributed by atoms with Gasteiger partial charge in [-0.25, -0.2) is 0 Å². The molecular formula is C16H23NO3. The van der Waals surface area contributed by atoms with Gasteiger partial charge in [-0.05, 0) is 44.0 Å². The van der Waals surface area contributed by atoms with Crippen molar-refractivity contribution in [2.75, 3.05) is 13.7 Å². The van der Waals surface area contributed by atoms with Crippen LogP contribution in [-0.2, 0) is 4.79 Å². The fourth-order valence-corrected chi connectivity index (χ4v) is 1.63. The normalized spacial score (nSPS) is 12.2. The van der Waals surface area contributed by atoms with Crippen molar-refractivity contribution in [3.63, 3.8) is 0 Å². The van der Waals surface area contributed by atoms with Crippen LogP contribution < -0.4 is 14.8 Å². The minimum Gasteiger partial charge on any atom is -0.493 e. The topological polar surface area (TPSA) is 47.6 Å². The monoisotopic (exact) mass is 277 g/mol. The molecule has 0 radical (unpaired) electrons. The number of ether oxygens (including phenoxy) is 2. The average molecular weight is 277 g/mol. The van der Waals surface area contributed by atoms with Crippen molar-refractivity contribution < 1.29 is 14.3 Å². The van der Waals surface area contributed by atoms with Crippen LogP contribution in [0.3, 0.4) is 0 Å². The first-order valence-electron chi connectivity index (χ1n) is 6.90. The summed E-state index contributed by atoms with van der Waals surface area (Å²) in [5, 5.41) is 2.88. The van der Waals surface area contributed by atoms with Gasteiger partial charge in [-0.1, -0.05) is 13.0 Å². The van der Waals surface area contributed by atoms with Crippen LogP contribution in [0.5, 0.6) is 11.5 Å². The van der Waals surface area contributed by atoms with E-state index in [1.165, 1.54) is 6.08 Å². The van der Waals surface area contributed by atoms with E-state index < -0.39 is 0 Å². The van der Waals surface area contributed by atoms with Gasteiger partial charge in [-0.2, -0.15) is 0 Å². The first-order chi connectivity index (χ1) is 9.60. The zero-order valence-electron chi connectivity index (χ0n) is 12.6. The third kappa shape index (κ3) is 4.96. The van der Waals surface area contributed by atoms with Crippen molar-refractivity contribution in [2.45, 2.75) is 33.2 Å². The number of carbonyl (C=O) groups excluding carboxylic acids is 1. The maximum Gasteiger partial charge on any atom is 0.244 e. The predicted molar refractivity (Wildman–Crippen MR) is 81.1 cm³/mol. The molecule has 0 aliphatic rings. The van der Waals surface area contributed by atoms with E-state index in [0.29, 0.717) is 18.1 Å². The van der Waals surface area contributed by atoms with Crippen LogP contribution in [0.2, 0.25) is 0 Å². The van der Waals surface area contributed by atoms with Crippen LogP contribution in [0.15, 0.2) is 24.3 Å². The number of benzene rings is 1. The summed E-state index contributed by atoms with van der Waals surface area (Å²) in [6, 6.07) is 5.76. The van der Waals surface area contributed by atoms with Crippen LogP contribution in [0.1, 0.15) is 32.8 Å². The summed E-state index contributed by atoms with van der Waals surface area (Å²) in [5.41, 5.74) is 0.893. The van der Waals surface area contributed by atoms with Crippen molar-refractivity contribution in [3.8, 4) is 11.5 Å². The molecule has 0 aliphatic carbocycles. The highest BCUT2D eigenvalue weighted by molar-refractivity contribution is 5.91. The van der Waals surface area contributed by atoms with Crippen LogP contribution in [-0.4, -0.2) is 25.7 Å². The molecule has 0 fully saturated rings. The summed E-state index contributed by atoms with van der Waals surface area (Å²) in [4.78, 5) is 11.7. The Morgan fingerprint density at radius 3 is 2.70 bits per heavy atom. The summed E-state index contributed by atoms with van der Waals surface area (Å²) in [5.74, 6) is 1.28. The third-order valence-corrected chi connectivity index (χ3v) is 2.92. The lowest BCUT2D eigenvalue weighted by Gasteiger charge is -2.10. The van der Waals surface area contributed by atoms with E-state index in [0.717, 1.165) is 12.0 Å². The standard InChI is InChI=1S/C16H23NO3/c1-5-12(3)17-16(18)10-8-13-7-9-14(20-6-2)15(11-13)19-4/h7-12H,5-6H2,1-4H3,(H,17,18)/b10-8-/t12-/m1/s1. The van der Waals surface area contributed by atoms with Gasteiger partial charge in [0.15, 0.2) is 11.5 Å². The van der Waals surface area contributed by atoms with Crippen LogP contribution in [0, 0.1) is 0 Å². The lowest BCUT2D eigenvalue weighted by Crippen LogP contribution is -2.30. The van der Waals surface area contributed by atoms with Gasteiger partial charge in [0.1, 0.15) is 0 Å². The van der Waals surface area contributed by atoms with E-state index >= 15 is 0 Å². The van der Waals surface area contributed by atoms with Gasteiger partial charge >= 0.3 is 0 Å². The number of nitrogens with one attached hydrogen (secondary N) is 1. The first kappa shape index (κ1) is 16.1. The van der Waals surface area contributed by atoms with E-state index in [9.17, 15) is 4.79 Å². The van der Waals surface area contributed by atoms with E-state index in [1.54, 1.807) is 13.2 Å². The second-order valence-electron chi connectivity index (χ2n) is 4.49. The second kappa shape index (κ2) is 8.25. The quantitative estimate of drug-likeness (QED) is 0.779. The molecule has 0 aromatic heterocycles. The molecule has 0 saturated heterocycles. The summed E-state index contributed by atoms with van der Waals surface area (Å²) >= 11 is 0. The molecule has 0 unspecified atom stereocenters. The lowest BCUT2D eigenvalue weighted by molar-refractivity contribution is -0.117. The van der Waals surface area contributed by atoms with Crippen molar-refractivity contribution >= 4 is 12.0 Å². The molecule has 4 heteroatoms. The second-order valence-corrected chi connectivity index (χ2v) is 4.49. The third-order valence-electron chi connectivity index (χ3n) is 2.92. The Morgan fingerprint density at radius 1 is 1.35 bits per heavy atom. The zero-order valence-corrected chi connectivity index (χ0v) is 12.6. The number of rotatable bonds is 7. The van der Waals surface area contributed by atoms with E-state index in [-0.39, 0.29) is 11.9 Å². The van der Waals surface area contributed by atoms with Gasteiger partial charge in [0.05, 0.1) is 13.7 Å². The minimum absolute atomic E-state index is 0.0906. The Balaban J connectivity index is 2.75. The molecular weight excluding hydrogens is 254 g/mol. The molecule has 1 N–H and O–H groups in total. The molecule has 1 rings (SSSR count). The molecule has 1 aromatic rings. The highest BCUT2D eigenvalue weighted by Gasteiger charge is 2.05. The van der Waals surface area contributed by atoms with Gasteiger partial charge in [0.2, 0.25) is 5.91 Å². The van der Waals surface area contributed by atoms with Crippen molar-refractivity contribution in [3.05, 3.63) is 29.8 Å². The van der Waals surface area contributed by atoms with Crippen LogP contribution in [0.4, 0.5) is 0 Å². The van der Waals surface area contributed by atoms with Crippen molar-refractivity contribution in [1.82, 2.24) is 5.32 Å². The number of hydrogen-bond acceptors (Lipinski definition) is 3. The molecule has 1 aromatic carbocycles.